The van der Waals surface area contributed by atoms with Gasteiger partial charge in [-0.25, -0.2) is 9.37 Å². The van der Waals surface area contributed by atoms with Crippen LogP contribution in [0.15, 0.2) is 24.4 Å². The van der Waals surface area contributed by atoms with Crippen molar-refractivity contribution in [3.8, 4) is 5.75 Å². The summed E-state index contributed by atoms with van der Waals surface area (Å²) in [7, 11) is 1.58. The van der Waals surface area contributed by atoms with E-state index in [9.17, 15) is 4.39 Å². The molecule has 0 atom stereocenters. The number of hydrogen-bond acceptors (Lipinski definition) is 3. The van der Waals surface area contributed by atoms with Crippen molar-refractivity contribution in [3.63, 3.8) is 0 Å². The topological polar surface area (TPSA) is 53.1 Å². The first-order chi connectivity index (χ1) is 9.13. The Bertz CT molecular complexity index is 566. The Morgan fingerprint density at radius 1 is 1.42 bits per heavy atom. The molecule has 0 aliphatic carbocycles. The third-order valence-corrected chi connectivity index (χ3v) is 3.01. The zero-order valence-electron chi connectivity index (χ0n) is 11.2. The Morgan fingerprint density at radius 2 is 2.21 bits per heavy atom. The molecule has 1 aromatic heterocycles. The number of hydrogen-bond donors (Lipinski definition) is 1. The van der Waals surface area contributed by atoms with Gasteiger partial charge in [-0.15, -0.1) is 0 Å². The Morgan fingerprint density at radius 3 is 2.89 bits per heavy atom. The predicted octanol–water partition coefficient (Wildman–Crippen LogP) is 1.89. The SMILES string of the molecule is COc1ccc(F)cc1Cn1cc(CCN)nc1C. The number of benzene rings is 1. The van der Waals surface area contributed by atoms with Gasteiger partial charge in [0.25, 0.3) is 0 Å². The summed E-state index contributed by atoms with van der Waals surface area (Å²) >= 11 is 0. The number of nitrogens with two attached hydrogens (primary N) is 1. The molecule has 0 saturated carbocycles. The molecule has 0 aliphatic heterocycles. The second-order valence-corrected chi connectivity index (χ2v) is 4.40. The maximum absolute atomic E-state index is 13.3. The average molecular weight is 263 g/mol. The summed E-state index contributed by atoms with van der Waals surface area (Å²) in [4.78, 5) is 4.42. The maximum atomic E-state index is 13.3. The fourth-order valence-electron chi connectivity index (χ4n) is 2.06. The lowest BCUT2D eigenvalue weighted by atomic mass is 10.2. The van der Waals surface area contributed by atoms with Gasteiger partial charge in [-0.1, -0.05) is 0 Å². The normalized spacial score (nSPS) is 10.7. The van der Waals surface area contributed by atoms with E-state index in [1.807, 2.05) is 17.7 Å². The van der Waals surface area contributed by atoms with Gasteiger partial charge in [0.1, 0.15) is 17.4 Å². The second-order valence-electron chi connectivity index (χ2n) is 4.40. The van der Waals surface area contributed by atoms with Crippen LogP contribution in [0.2, 0.25) is 0 Å². The quantitative estimate of drug-likeness (QED) is 0.896. The number of ether oxygens (including phenoxy) is 1. The lowest BCUT2D eigenvalue weighted by Crippen LogP contribution is -2.04. The molecule has 1 aromatic carbocycles. The molecule has 0 spiro atoms. The molecule has 0 amide bonds. The van der Waals surface area contributed by atoms with E-state index in [1.165, 1.54) is 12.1 Å². The molecule has 0 fully saturated rings. The fraction of sp³-hybridized carbons (Fsp3) is 0.357. The number of halogens is 1. The minimum atomic E-state index is -0.268. The summed E-state index contributed by atoms with van der Waals surface area (Å²) in [6.07, 6.45) is 2.70. The highest BCUT2D eigenvalue weighted by atomic mass is 19.1. The highest BCUT2D eigenvalue weighted by molar-refractivity contribution is 5.34. The van der Waals surface area contributed by atoms with Gasteiger partial charge in [0.15, 0.2) is 0 Å². The molecular weight excluding hydrogens is 245 g/mol. The molecule has 0 unspecified atom stereocenters. The molecule has 0 radical (unpaired) electrons. The minimum Gasteiger partial charge on any atom is -0.496 e. The van der Waals surface area contributed by atoms with Crippen LogP contribution in [0.5, 0.6) is 5.75 Å². The van der Waals surface area contributed by atoms with Gasteiger partial charge in [0.05, 0.1) is 19.3 Å². The summed E-state index contributed by atoms with van der Waals surface area (Å²) in [6, 6.07) is 4.52. The van der Waals surface area contributed by atoms with Crippen LogP contribution in [0.4, 0.5) is 4.39 Å². The summed E-state index contributed by atoms with van der Waals surface area (Å²) in [5, 5.41) is 0. The molecule has 0 saturated heterocycles. The minimum absolute atomic E-state index is 0.268. The maximum Gasteiger partial charge on any atom is 0.124 e. The van der Waals surface area contributed by atoms with Crippen molar-refractivity contribution in [3.05, 3.63) is 47.3 Å². The second kappa shape index (κ2) is 5.84. The molecule has 4 nitrogen and oxygen atoms in total. The van der Waals surface area contributed by atoms with Crippen LogP contribution in [0, 0.1) is 12.7 Å². The molecule has 0 aliphatic rings. The van der Waals surface area contributed by atoms with Crippen molar-refractivity contribution in [2.24, 2.45) is 5.73 Å². The van der Waals surface area contributed by atoms with Crippen molar-refractivity contribution in [1.29, 1.82) is 0 Å². The van der Waals surface area contributed by atoms with Gasteiger partial charge in [-0.05, 0) is 31.7 Å². The molecule has 0 bridgehead atoms. The van der Waals surface area contributed by atoms with Gasteiger partial charge in [-0.3, -0.25) is 0 Å². The molecule has 5 heteroatoms. The van der Waals surface area contributed by atoms with Crippen molar-refractivity contribution in [2.45, 2.75) is 19.9 Å². The Hall–Kier alpha value is -1.88. The largest absolute Gasteiger partial charge is 0.496 e. The predicted molar refractivity (Wildman–Crippen MR) is 71.8 cm³/mol. The first kappa shape index (κ1) is 13.5. The van der Waals surface area contributed by atoms with Crippen LogP contribution in [0.25, 0.3) is 0 Å². The standard InChI is InChI=1S/C14H18FN3O/c1-10-17-13(5-6-16)9-18(10)8-11-7-12(15)3-4-14(11)19-2/h3-4,7,9H,5-6,8,16H2,1-2H3. The monoisotopic (exact) mass is 263 g/mol. The van der Waals surface area contributed by atoms with Gasteiger partial charge in [0.2, 0.25) is 0 Å². The van der Waals surface area contributed by atoms with E-state index in [0.29, 0.717) is 18.8 Å². The van der Waals surface area contributed by atoms with Crippen LogP contribution < -0.4 is 10.5 Å². The van der Waals surface area contributed by atoms with Crippen LogP contribution in [0.3, 0.4) is 0 Å². The Kier molecular flexibility index (Phi) is 4.16. The molecular formula is C14H18FN3O. The van der Waals surface area contributed by atoms with Crippen molar-refractivity contribution in [1.82, 2.24) is 9.55 Å². The summed E-state index contributed by atoms with van der Waals surface area (Å²) in [5.41, 5.74) is 7.27. The number of nitrogens with zero attached hydrogens (tertiary/aromatic N) is 2. The Balaban J connectivity index is 2.27. The molecule has 2 aromatic rings. The first-order valence-corrected chi connectivity index (χ1v) is 6.19. The van der Waals surface area contributed by atoms with Gasteiger partial charge < -0.3 is 15.0 Å². The van der Waals surface area contributed by atoms with Crippen LogP contribution in [-0.4, -0.2) is 23.2 Å². The third kappa shape index (κ3) is 3.12. The molecule has 1 heterocycles. The summed E-state index contributed by atoms with van der Waals surface area (Å²) < 4.78 is 20.5. The van der Waals surface area contributed by atoms with Gasteiger partial charge in [0, 0.05) is 18.2 Å². The number of imidazole rings is 1. The van der Waals surface area contributed by atoms with E-state index in [4.69, 9.17) is 10.5 Å². The van der Waals surface area contributed by atoms with Crippen molar-refractivity contribution in [2.75, 3.05) is 13.7 Å². The van der Waals surface area contributed by atoms with Gasteiger partial charge >= 0.3 is 0 Å². The third-order valence-electron chi connectivity index (χ3n) is 3.01. The summed E-state index contributed by atoms with van der Waals surface area (Å²) in [5.74, 6) is 1.29. The first-order valence-electron chi connectivity index (χ1n) is 6.19. The average Bonchev–Trinajstić information content (AvgIpc) is 2.71. The van der Waals surface area contributed by atoms with Crippen LogP contribution in [-0.2, 0) is 13.0 Å². The number of methoxy groups -OCH3 is 1. The smallest absolute Gasteiger partial charge is 0.124 e. The van der Waals surface area contributed by atoms with E-state index in [1.54, 1.807) is 13.2 Å². The van der Waals surface area contributed by atoms with E-state index in [-0.39, 0.29) is 5.82 Å². The molecule has 102 valence electrons. The van der Waals surface area contributed by atoms with Crippen LogP contribution >= 0.6 is 0 Å². The van der Waals surface area contributed by atoms with Gasteiger partial charge in [-0.2, -0.15) is 0 Å². The van der Waals surface area contributed by atoms with Crippen molar-refractivity contribution < 1.29 is 9.13 Å². The highest BCUT2D eigenvalue weighted by Gasteiger charge is 2.09. The van der Waals surface area contributed by atoms with E-state index >= 15 is 0 Å². The zero-order chi connectivity index (χ0) is 13.8. The van der Waals surface area contributed by atoms with Crippen LogP contribution in [0.1, 0.15) is 17.1 Å². The van der Waals surface area contributed by atoms with E-state index in [0.717, 1.165) is 23.5 Å². The zero-order valence-corrected chi connectivity index (χ0v) is 11.2. The number of aryl methyl sites for hydroxylation is 1. The lowest BCUT2D eigenvalue weighted by molar-refractivity contribution is 0.406. The fourth-order valence-corrected chi connectivity index (χ4v) is 2.06. The highest BCUT2D eigenvalue weighted by Crippen LogP contribution is 2.21. The Labute approximate surface area is 112 Å². The van der Waals surface area contributed by atoms with E-state index < -0.39 is 0 Å². The number of rotatable bonds is 5. The molecule has 19 heavy (non-hydrogen) atoms. The summed E-state index contributed by atoms with van der Waals surface area (Å²) in [6.45, 7) is 3.02. The molecule has 2 rings (SSSR count). The lowest BCUT2D eigenvalue weighted by Gasteiger charge is -2.10. The molecule has 2 N–H and O–H groups in total. The van der Waals surface area contributed by atoms with Crippen molar-refractivity contribution >= 4 is 0 Å². The van der Waals surface area contributed by atoms with E-state index in [2.05, 4.69) is 4.98 Å². The number of aromatic nitrogens is 2.